The van der Waals surface area contributed by atoms with Gasteiger partial charge in [0.25, 0.3) is 5.22 Å². The van der Waals surface area contributed by atoms with Crippen LogP contribution in [0.4, 0.5) is 4.39 Å². The lowest BCUT2D eigenvalue weighted by Gasteiger charge is -2.15. The molecule has 0 aliphatic heterocycles. The van der Waals surface area contributed by atoms with Crippen LogP contribution in [0, 0.1) is 12.7 Å². The number of aryl methyl sites for hydroxylation is 1. The van der Waals surface area contributed by atoms with E-state index in [0.29, 0.717) is 10.8 Å². The molecule has 0 saturated carbocycles. The summed E-state index contributed by atoms with van der Waals surface area (Å²) in [7, 11) is 1.81. The predicted octanol–water partition coefficient (Wildman–Crippen LogP) is 3.55. The van der Waals surface area contributed by atoms with Crippen LogP contribution in [0.25, 0.3) is 0 Å². The Morgan fingerprint density at radius 3 is 2.83 bits per heavy atom. The Morgan fingerprint density at radius 1 is 1.44 bits per heavy atom. The molecule has 2 aromatic rings. The Hall–Kier alpha value is -1.33. The minimum Gasteiger partial charge on any atom is -0.439 e. The molecule has 2 rings (SSSR count). The van der Waals surface area contributed by atoms with E-state index in [4.69, 9.17) is 4.42 Å². The number of hydrogen-bond acceptors (Lipinski definition) is 4. The second-order valence-electron chi connectivity index (χ2n) is 4.02. The molecule has 1 aromatic carbocycles. The van der Waals surface area contributed by atoms with Crippen molar-refractivity contribution in [2.24, 2.45) is 0 Å². The maximum atomic E-state index is 13.9. The highest BCUT2D eigenvalue weighted by Crippen LogP contribution is 2.34. The molecular formula is C13H15FN2OS. The molecule has 0 radical (unpaired) electrons. The third-order valence-corrected chi connectivity index (χ3v) is 3.61. The molecule has 1 heterocycles. The third kappa shape index (κ3) is 2.73. The molecule has 1 N–H and O–H groups in total. The second-order valence-corrected chi connectivity index (χ2v) is 5.01. The van der Waals surface area contributed by atoms with Crippen LogP contribution in [0.2, 0.25) is 0 Å². The standard InChI is InChI=1S/C13H15FN2OS/c1-8-7-17-13(16-8)18-11-6-4-5-10(14)12(11)9(2)15-3/h4-7,9,15H,1-3H3. The lowest BCUT2D eigenvalue weighted by molar-refractivity contribution is 0.453. The summed E-state index contributed by atoms with van der Waals surface area (Å²) in [6.07, 6.45) is 1.59. The zero-order valence-corrected chi connectivity index (χ0v) is 11.3. The van der Waals surface area contributed by atoms with Gasteiger partial charge in [0.05, 0.1) is 5.69 Å². The Balaban J connectivity index is 2.35. The largest absolute Gasteiger partial charge is 0.439 e. The van der Waals surface area contributed by atoms with E-state index < -0.39 is 0 Å². The van der Waals surface area contributed by atoms with E-state index in [9.17, 15) is 4.39 Å². The van der Waals surface area contributed by atoms with Crippen LogP contribution >= 0.6 is 11.8 Å². The number of aromatic nitrogens is 1. The molecule has 0 bridgehead atoms. The van der Waals surface area contributed by atoms with Gasteiger partial charge in [0.2, 0.25) is 0 Å². The first-order valence-corrected chi connectivity index (χ1v) is 6.49. The topological polar surface area (TPSA) is 38.1 Å². The molecule has 0 amide bonds. The van der Waals surface area contributed by atoms with Crippen molar-refractivity contribution >= 4 is 11.8 Å². The fraction of sp³-hybridized carbons (Fsp3) is 0.308. The molecule has 1 aromatic heterocycles. The number of oxazole rings is 1. The van der Waals surface area contributed by atoms with E-state index in [1.165, 1.54) is 17.8 Å². The molecule has 1 atom stereocenters. The van der Waals surface area contributed by atoms with Gasteiger partial charge in [0.1, 0.15) is 12.1 Å². The summed E-state index contributed by atoms with van der Waals surface area (Å²) in [6, 6.07) is 4.97. The predicted molar refractivity (Wildman–Crippen MR) is 69.2 cm³/mol. The van der Waals surface area contributed by atoms with Crippen molar-refractivity contribution in [2.45, 2.75) is 30.0 Å². The van der Waals surface area contributed by atoms with Crippen molar-refractivity contribution in [1.29, 1.82) is 0 Å². The smallest absolute Gasteiger partial charge is 0.260 e. The fourth-order valence-corrected chi connectivity index (χ4v) is 2.65. The van der Waals surface area contributed by atoms with Crippen LogP contribution in [0.1, 0.15) is 24.2 Å². The van der Waals surface area contributed by atoms with Crippen LogP contribution in [0.3, 0.4) is 0 Å². The van der Waals surface area contributed by atoms with Gasteiger partial charge in [0, 0.05) is 16.5 Å². The number of rotatable bonds is 4. The van der Waals surface area contributed by atoms with Crippen LogP contribution in [0.15, 0.2) is 39.0 Å². The zero-order chi connectivity index (χ0) is 13.1. The SMILES string of the molecule is CNC(C)c1c(F)cccc1Sc1nc(C)co1. The van der Waals surface area contributed by atoms with Gasteiger partial charge in [-0.25, -0.2) is 9.37 Å². The summed E-state index contributed by atoms with van der Waals surface area (Å²) >= 11 is 1.34. The van der Waals surface area contributed by atoms with Crippen molar-refractivity contribution < 1.29 is 8.81 Å². The van der Waals surface area contributed by atoms with Crippen molar-refractivity contribution in [3.63, 3.8) is 0 Å². The average molecular weight is 266 g/mol. The van der Waals surface area contributed by atoms with Crippen LogP contribution in [-0.2, 0) is 0 Å². The molecule has 3 nitrogen and oxygen atoms in total. The Morgan fingerprint density at radius 2 is 2.22 bits per heavy atom. The monoisotopic (exact) mass is 266 g/mol. The number of halogens is 1. The van der Waals surface area contributed by atoms with Crippen molar-refractivity contribution in [3.8, 4) is 0 Å². The molecule has 18 heavy (non-hydrogen) atoms. The lowest BCUT2D eigenvalue weighted by Crippen LogP contribution is -2.14. The van der Waals surface area contributed by atoms with Crippen molar-refractivity contribution in [3.05, 3.63) is 41.5 Å². The van der Waals surface area contributed by atoms with Gasteiger partial charge in [0.15, 0.2) is 0 Å². The first-order valence-electron chi connectivity index (χ1n) is 5.67. The Kier molecular flexibility index (Phi) is 4.04. The van der Waals surface area contributed by atoms with Gasteiger partial charge in [-0.15, -0.1) is 0 Å². The van der Waals surface area contributed by atoms with E-state index >= 15 is 0 Å². The van der Waals surface area contributed by atoms with Crippen LogP contribution in [-0.4, -0.2) is 12.0 Å². The molecule has 5 heteroatoms. The van der Waals surface area contributed by atoms with Crippen LogP contribution in [0.5, 0.6) is 0 Å². The highest BCUT2D eigenvalue weighted by molar-refractivity contribution is 7.99. The van der Waals surface area contributed by atoms with E-state index in [2.05, 4.69) is 10.3 Å². The molecule has 0 saturated heterocycles. The maximum Gasteiger partial charge on any atom is 0.260 e. The number of hydrogen-bond donors (Lipinski definition) is 1. The second kappa shape index (κ2) is 5.54. The van der Waals surface area contributed by atoms with E-state index in [-0.39, 0.29) is 11.9 Å². The first kappa shape index (κ1) is 13.1. The average Bonchev–Trinajstić information content (AvgIpc) is 2.74. The summed E-state index contributed by atoms with van der Waals surface area (Å²) in [5, 5.41) is 3.58. The van der Waals surface area contributed by atoms with Crippen LogP contribution < -0.4 is 5.32 Å². The van der Waals surface area contributed by atoms with Crippen molar-refractivity contribution in [1.82, 2.24) is 10.3 Å². The van der Waals surface area contributed by atoms with Gasteiger partial charge in [-0.05, 0) is 44.8 Å². The number of nitrogens with one attached hydrogen (secondary N) is 1. The van der Waals surface area contributed by atoms with E-state index in [1.807, 2.05) is 19.9 Å². The third-order valence-electron chi connectivity index (χ3n) is 2.67. The van der Waals surface area contributed by atoms with Gasteiger partial charge in [-0.1, -0.05) is 6.07 Å². The summed E-state index contributed by atoms with van der Waals surface area (Å²) in [4.78, 5) is 5.03. The zero-order valence-electron chi connectivity index (χ0n) is 10.5. The van der Waals surface area contributed by atoms with E-state index in [0.717, 1.165) is 10.6 Å². The summed E-state index contributed by atoms with van der Waals surface area (Å²) < 4.78 is 19.2. The lowest BCUT2D eigenvalue weighted by atomic mass is 10.1. The number of benzene rings is 1. The molecular weight excluding hydrogens is 251 g/mol. The Bertz CT molecular complexity index is 542. The van der Waals surface area contributed by atoms with E-state index in [1.54, 1.807) is 19.4 Å². The Labute approximate surface area is 110 Å². The summed E-state index contributed by atoms with van der Waals surface area (Å²) in [6.45, 7) is 3.78. The molecule has 0 spiro atoms. The first-order chi connectivity index (χ1) is 8.61. The highest BCUT2D eigenvalue weighted by atomic mass is 32.2. The van der Waals surface area contributed by atoms with Gasteiger partial charge >= 0.3 is 0 Å². The fourth-order valence-electron chi connectivity index (χ4n) is 1.64. The molecule has 1 unspecified atom stereocenters. The highest BCUT2D eigenvalue weighted by Gasteiger charge is 2.16. The summed E-state index contributed by atoms with van der Waals surface area (Å²) in [5.41, 5.74) is 1.46. The molecule has 0 aliphatic rings. The van der Waals surface area contributed by atoms with Gasteiger partial charge < -0.3 is 9.73 Å². The van der Waals surface area contributed by atoms with Gasteiger partial charge in [-0.3, -0.25) is 0 Å². The van der Waals surface area contributed by atoms with Crippen molar-refractivity contribution in [2.75, 3.05) is 7.05 Å². The number of nitrogens with zero attached hydrogens (tertiary/aromatic N) is 1. The minimum absolute atomic E-state index is 0.0650. The maximum absolute atomic E-state index is 13.9. The normalized spacial score (nSPS) is 12.7. The quantitative estimate of drug-likeness (QED) is 0.918. The molecule has 0 fully saturated rings. The minimum atomic E-state index is -0.217. The molecule has 0 aliphatic carbocycles. The summed E-state index contributed by atoms with van der Waals surface area (Å²) in [5.74, 6) is -0.217. The van der Waals surface area contributed by atoms with Gasteiger partial charge in [-0.2, -0.15) is 0 Å². The molecule has 96 valence electrons.